The van der Waals surface area contributed by atoms with Gasteiger partial charge in [0.2, 0.25) is 17.7 Å². The van der Waals surface area contributed by atoms with E-state index in [2.05, 4.69) is 0 Å². The number of likely N-dealkylation sites (tertiary alicyclic amines) is 2. The van der Waals surface area contributed by atoms with Crippen LogP contribution in [-0.4, -0.2) is 52.9 Å². The molecule has 2 saturated heterocycles. The Morgan fingerprint density at radius 2 is 1.50 bits per heavy atom. The second-order valence-corrected chi connectivity index (χ2v) is 4.65. The number of hydrogen-bond donors (Lipinski definition) is 0. The standard InChI is InChI=1S/C12H16N2O4/c15-9-4-6-13(7-5-9)12(18)8-14-10(16)2-1-3-11(14)17/h1-8H2. The quantitative estimate of drug-likeness (QED) is 0.633. The first-order chi connectivity index (χ1) is 8.58. The normalized spacial score (nSPS) is 21.4. The van der Waals surface area contributed by atoms with Crippen LogP contribution in [0, 0.1) is 0 Å². The number of rotatable bonds is 2. The van der Waals surface area contributed by atoms with Gasteiger partial charge in [-0.25, -0.2) is 0 Å². The van der Waals surface area contributed by atoms with Gasteiger partial charge in [-0.1, -0.05) is 0 Å². The molecular formula is C12H16N2O4. The van der Waals surface area contributed by atoms with E-state index in [0.717, 1.165) is 4.90 Å². The topological polar surface area (TPSA) is 74.8 Å². The molecule has 0 N–H and O–H groups in total. The lowest BCUT2D eigenvalue weighted by Gasteiger charge is -2.30. The van der Waals surface area contributed by atoms with Crippen LogP contribution in [0.1, 0.15) is 32.1 Å². The maximum atomic E-state index is 11.9. The van der Waals surface area contributed by atoms with Crippen molar-refractivity contribution in [1.82, 2.24) is 9.80 Å². The van der Waals surface area contributed by atoms with E-state index in [9.17, 15) is 19.2 Å². The summed E-state index contributed by atoms with van der Waals surface area (Å²) in [5, 5.41) is 0. The van der Waals surface area contributed by atoms with Crippen LogP contribution < -0.4 is 0 Å². The molecule has 0 bridgehead atoms. The van der Waals surface area contributed by atoms with Crippen LogP contribution in [0.3, 0.4) is 0 Å². The first-order valence-corrected chi connectivity index (χ1v) is 6.20. The van der Waals surface area contributed by atoms with Crippen molar-refractivity contribution < 1.29 is 19.2 Å². The van der Waals surface area contributed by atoms with Crippen molar-refractivity contribution in [3.63, 3.8) is 0 Å². The monoisotopic (exact) mass is 252 g/mol. The van der Waals surface area contributed by atoms with E-state index in [-0.39, 0.29) is 30.0 Å². The van der Waals surface area contributed by atoms with E-state index in [1.165, 1.54) is 0 Å². The Balaban J connectivity index is 1.92. The van der Waals surface area contributed by atoms with Crippen LogP contribution in [0.4, 0.5) is 0 Å². The van der Waals surface area contributed by atoms with Crippen LogP contribution in [0.15, 0.2) is 0 Å². The largest absolute Gasteiger partial charge is 0.340 e. The molecule has 98 valence electrons. The molecule has 18 heavy (non-hydrogen) atoms. The van der Waals surface area contributed by atoms with Gasteiger partial charge in [-0.15, -0.1) is 0 Å². The van der Waals surface area contributed by atoms with Gasteiger partial charge in [0.05, 0.1) is 0 Å². The molecule has 0 aliphatic carbocycles. The predicted molar refractivity (Wildman–Crippen MR) is 61.4 cm³/mol. The summed E-state index contributed by atoms with van der Waals surface area (Å²) in [5.41, 5.74) is 0. The van der Waals surface area contributed by atoms with Crippen molar-refractivity contribution in [3.05, 3.63) is 0 Å². The zero-order valence-corrected chi connectivity index (χ0v) is 10.2. The highest BCUT2D eigenvalue weighted by molar-refractivity contribution is 6.00. The number of hydrogen-bond acceptors (Lipinski definition) is 4. The molecule has 2 fully saturated rings. The van der Waals surface area contributed by atoms with Crippen LogP contribution in [-0.2, 0) is 19.2 Å². The lowest BCUT2D eigenvalue weighted by atomic mass is 10.1. The molecule has 2 rings (SSSR count). The van der Waals surface area contributed by atoms with E-state index in [4.69, 9.17) is 0 Å². The van der Waals surface area contributed by atoms with Crippen molar-refractivity contribution in [2.24, 2.45) is 0 Å². The van der Waals surface area contributed by atoms with E-state index in [1.807, 2.05) is 0 Å². The van der Waals surface area contributed by atoms with Crippen LogP contribution in [0.25, 0.3) is 0 Å². The highest BCUT2D eigenvalue weighted by Crippen LogP contribution is 2.13. The summed E-state index contributed by atoms with van der Waals surface area (Å²) in [7, 11) is 0. The summed E-state index contributed by atoms with van der Waals surface area (Å²) < 4.78 is 0. The van der Waals surface area contributed by atoms with Crippen molar-refractivity contribution in [2.45, 2.75) is 32.1 Å². The number of amides is 3. The highest BCUT2D eigenvalue weighted by atomic mass is 16.2. The molecule has 2 aliphatic heterocycles. The van der Waals surface area contributed by atoms with Crippen LogP contribution in [0.2, 0.25) is 0 Å². The number of piperidine rings is 2. The number of carbonyl (C=O) groups is 4. The average molecular weight is 252 g/mol. The van der Waals surface area contributed by atoms with Gasteiger partial charge in [-0.3, -0.25) is 24.1 Å². The minimum atomic E-state index is -0.271. The van der Waals surface area contributed by atoms with Gasteiger partial charge >= 0.3 is 0 Å². The Bertz CT molecular complexity index is 379. The van der Waals surface area contributed by atoms with Gasteiger partial charge in [0, 0.05) is 38.8 Å². The first-order valence-electron chi connectivity index (χ1n) is 6.20. The minimum Gasteiger partial charge on any atom is -0.340 e. The maximum Gasteiger partial charge on any atom is 0.242 e. The summed E-state index contributed by atoms with van der Waals surface area (Å²) in [6.45, 7) is 0.619. The summed E-state index contributed by atoms with van der Waals surface area (Å²) >= 11 is 0. The Morgan fingerprint density at radius 3 is 2.06 bits per heavy atom. The lowest BCUT2D eigenvalue weighted by molar-refractivity contribution is -0.153. The maximum absolute atomic E-state index is 11.9. The summed E-state index contributed by atoms with van der Waals surface area (Å²) in [4.78, 5) is 48.7. The molecule has 0 radical (unpaired) electrons. The second-order valence-electron chi connectivity index (χ2n) is 4.65. The molecule has 2 heterocycles. The van der Waals surface area contributed by atoms with Gasteiger partial charge in [0.15, 0.2) is 0 Å². The molecule has 0 atom stereocenters. The number of imide groups is 1. The molecule has 0 saturated carbocycles. The molecule has 3 amide bonds. The summed E-state index contributed by atoms with van der Waals surface area (Å²) in [6.07, 6.45) is 1.97. The van der Waals surface area contributed by atoms with Crippen molar-refractivity contribution in [3.8, 4) is 0 Å². The van der Waals surface area contributed by atoms with E-state index in [0.29, 0.717) is 45.2 Å². The Kier molecular flexibility index (Phi) is 3.74. The Hall–Kier alpha value is -1.72. The third-order valence-corrected chi connectivity index (χ3v) is 3.35. The second kappa shape index (κ2) is 5.29. The van der Waals surface area contributed by atoms with Gasteiger partial charge in [0.25, 0.3) is 0 Å². The summed E-state index contributed by atoms with van der Waals surface area (Å²) in [6, 6.07) is 0. The number of ketones is 1. The van der Waals surface area contributed by atoms with Crippen molar-refractivity contribution in [2.75, 3.05) is 19.6 Å². The summed E-state index contributed by atoms with van der Waals surface area (Å²) in [5.74, 6) is -0.629. The van der Waals surface area contributed by atoms with E-state index >= 15 is 0 Å². The van der Waals surface area contributed by atoms with Crippen molar-refractivity contribution >= 4 is 23.5 Å². The molecule has 0 aromatic rings. The molecule has 6 nitrogen and oxygen atoms in total. The van der Waals surface area contributed by atoms with Gasteiger partial charge in [0.1, 0.15) is 12.3 Å². The fraction of sp³-hybridized carbons (Fsp3) is 0.667. The molecular weight excluding hydrogens is 236 g/mol. The smallest absolute Gasteiger partial charge is 0.242 e. The minimum absolute atomic E-state index is 0.157. The van der Waals surface area contributed by atoms with Crippen LogP contribution >= 0.6 is 0 Å². The predicted octanol–water partition coefficient (Wildman–Crippen LogP) is -0.283. The molecule has 0 aromatic carbocycles. The highest BCUT2D eigenvalue weighted by Gasteiger charge is 2.30. The fourth-order valence-corrected chi connectivity index (χ4v) is 2.22. The molecule has 6 heteroatoms. The Labute approximate surface area is 105 Å². The third kappa shape index (κ3) is 2.75. The third-order valence-electron chi connectivity index (χ3n) is 3.35. The Morgan fingerprint density at radius 1 is 0.944 bits per heavy atom. The zero-order chi connectivity index (χ0) is 13.1. The van der Waals surface area contributed by atoms with E-state index < -0.39 is 0 Å². The van der Waals surface area contributed by atoms with Gasteiger partial charge < -0.3 is 4.90 Å². The molecule has 0 unspecified atom stereocenters. The van der Waals surface area contributed by atoms with Gasteiger partial charge in [-0.2, -0.15) is 0 Å². The zero-order valence-electron chi connectivity index (χ0n) is 10.2. The molecule has 0 spiro atoms. The average Bonchev–Trinajstić information content (AvgIpc) is 2.34. The molecule has 2 aliphatic rings. The van der Waals surface area contributed by atoms with Crippen LogP contribution in [0.5, 0.6) is 0 Å². The van der Waals surface area contributed by atoms with Crippen molar-refractivity contribution in [1.29, 1.82) is 0 Å². The first kappa shape index (κ1) is 12.7. The number of Topliss-reactive ketones (excluding diaryl/α,β-unsaturated/α-hetero) is 1. The van der Waals surface area contributed by atoms with E-state index in [1.54, 1.807) is 4.90 Å². The number of carbonyl (C=O) groups excluding carboxylic acids is 4. The number of nitrogens with zero attached hydrogens (tertiary/aromatic N) is 2. The molecule has 0 aromatic heterocycles. The fourth-order valence-electron chi connectivity index (χ4n) is 2.22. The lowest BCUT2D eigenvalue weighted by Crippen LogP contribution is -2.49. The van der Waals surface area contributed by atoms with Gasteiger partial charge in [-0.05, 0) is 6.42 Å². The SMILES string of the molecule is O=C1CCN(C(=O)CN2C(=O)CCCC2=O)CC1.